The first-order valence-corrected chi connectivity index (χ1v) is 10.9. The highest BCUT2D eigenvalue weighted by Crippen LogP contribution is 2.28. The average molecular weight is 444 g/mol. The molecule has 5 nitrogen and oxygen atoms in total. The second-order valence-electron chi connectivity index (χ2n) is 6.53. The molecule has 26 heavy (non-hydrogen) atoms. The topological polar surface area (TPSA) is 75.6 Å². The molecule has 0 aromatic heterocycles. The summed E-state index contributed by atoms with van der Waals surface area (Å²) in [5.74, 6) is 0.254. The van der Waals surface area contributed by atoms with Gasteiger partial charge in [-0.2, -0.15) is 4.21 Å². The molecule has 1 aromatic carbocycles. The third kappa shape index (κ3) is 8.01. The second-order valence-corrected chi connectivity index (χ2v) is 8.32. The molecule has 2 N–H and O–H groups in total. The summed E-state index contributed by atoms with van der Waals surface area (Å²) >= 11 is 1.80. The van der Waals surface area contributed by atoms with Crippen LogP contribution in [0.15, 0.2) is 40.9 Å². The number of hydrogen-bond acceptors (Lipinski definition) is 3. The Morgan fingerprint density at radius 3 is 2.73 bits per heavy atom. The molecular formula is C19H26BrNO4S. The highest BCUT2D eigenvalue weighted by atomic mass is 79.9. The molecular weight excluding hydrogens is 418 g/mol. The third-order valence-electron chi connectivity index (χ3n) is 4.51. The van der Waals surface area contributed by atoms with Crippen molar-refractivity contribution in [1.29, 1.82) is 0 Å². The molecule has 1 saturated carbocycles. The molecule has 0 saturated heterocycles. The van der Waals surface area contributed by atoms with Gasteiger partial charge in [0.05, 0.1) is 0 Å². The zero-order valence-corrected chi connectivity index (χ0v) is 17.1. The lowest BCUT2D eigenvalue weighted by molar-refractivity contribution is -0.137. The molecule has 0 spiro atoms. The van der Waals surface area contributed by atoms with Crippen LogP contribution in [0.5, 0.6) is 5.75 Å². The Kier molecular flexibility index (Phi) is 9.36. The van der Waals surface area contributed by atoms with Gasteiger partial charge in [0, 0.05) is 16.9 Å². The number of aliphatic carboxylic acids is 1. The Morgan fingerprint density at radius 1 is 1.27 bits per heavy atom. The van der Waals surface area contributed by atoms with Gasteiger partial charge in [0.1, 0.15) is 5.75 Å². The first-order chi connectivity index (χ1) is 12.5. The second kappa shape index (κ2) is 11.5. The normalized spacial score (nSPS) is 21.6. The van der Waals surface area contributed by atoms with E-state index in [0.717, 1.165) is 36.6 Å². The van der Waals surface area contributed by atoms with E-state index in [4.69, 9.17) is 9.29 Å². The van der Waals surface area contributed by atoms with Crippen molar-refractivity contribution in [3.63, 3.8) is 0 Å². The highest BCUT2D eigenvalue weighted by Gasteiger charge is 2.26. The molecule has 1 aromatic rings. The number of carbonyl (C=O) groups is 1. The maximum absolute atomic E-state index is 12.3. The van der Waals surface area contributed by atoms with Crippen LogP contribution in [0.2, 0.25) is 0 Å². The van der Waals surface area contributed by atoms with Crippen molar-refractivity contribution in [3.05, 3.63) is 40.9 Å². The minimum absolute atomic E-state index is 0.170. The molecule has 1 aliphatic carbocycles. The van der Waals surface area contributed by atoms with Crippen molar-refractivity contribution < 1.29 is 18.3 Å². The molecule has 1 fully saturated rings. The molecule has 0 radical (unpaired) electrons. The number of benzene rings is 1. The van der Waals surface area contributed by atoms with Crippen LogP contribution in [0, 0.1) is 5.92 Å². The van der Waals surface area contributed by atoms with Gasteiger partial charge in [0.15, 0.2) is 0 Å². The Bertz CT molecular complexity index is 620. The van der Waals surface area contributed by atoms with E-state index in [-0.39, 0.29) is 12.5 Å². The lowest BCUT2D eigenvalue weighted by Gasteiger charge is -2.30. The summed E-state index contributed by atoms with van der Waals surface area (Å²) in [4.78, 5) is 10.5. The Morgan fingerprint density at radius 2 is 2.00 bits per heavy atom. The minimum Gasteiger partial charge on any atom is -0.481 e. The van der Waals surface area contributed by atoms with Gasteiger partial charge in [0.2, 0.25) is 0 Å². The van der Waals surface area contributed by atoms with Gasteiger partial charge in [-0.1, -0.05) is 40.9 Å². The number of rotatable bonds is 10. The van der Waals surface area contributed by atoms with E-state index < -0.39 is 17.2 Å². The van der Waals surface area contributed by atoms with Gasteiger partial charge in [-0.15, -0.1) is 0 Å². The fourth-order valence-corrected chi connectivity index (χ4v) is 4.29. The van der Waals surface area contributed by atoms with Crippen LogP contribution in [0.4, 0.5) is 0 Å². The number of unbranched alkanes of at least 4 members (excludes halogenated alkanes) is 1. The molecule has 7 heteroatoms. The van der Waals surface area contributed by atoms with Gasteiger partial charge in [0.25, 0.3) is 11.3 Å². The minimum atomic E-state index is -1.57. The van der Waals surface area contributed by atoms with Crippen molar-refractivity contribution >= 4 is 33.2 Å². The predicted octanol–water partition coefficient (Wildman–Crippen LogP) is 4.76. The molecule has 0 aliphatic heterocycles. The van der Waals surface area contributed by atoms with Crippen LogP contribution >= 0.6 is 15.9 Å². The SMILES string of the molecule is O=C(O)CCCC=CCC1CCCCC1NS(=O)Oc1ccc(Br)cc1. The predicted molar refractivity (Wildman–Crippen MR) is 107 cm³/mol. The van der Waals surface area contributed by atoms with Gasteiger partial charge in [-0.05, 0) is 62.3 Å². The number of halogens is 1. The Balaban J connectivity index is 1.77. The van der Waals surface area contributed by atoms with Crippen molar-refractivity contribution in [2.24, 2.45) is 5.92 Å². The molecule has 3 unspecified atom stereocenters. The zero-order valence-electron chi connectivity index (χ0n) is 14.7. The monoisotopic (exact) mass is 443 g/mol. The number of carboxylic acid groups (broad SMARTS) is 1. The van der Waals surface area contributed by atoms with Crippen LogP contribution in [0.1, 0.15) is 51.4 Å². The number of carboxylic acids is 1. The van der Waals surface area contributed by atoms with Crippen LogP contribution < -0.4 is 8.91 Å². The first-order valence-electron chi connectivity index (χ1n) is 9.03. The van der Waals surface area contributed by atoms with Crippen molar-refractivity contribution in [2.75, 3.05) is 0 Å². The van der Waals surface area contributed by atoms with Crippen LogP contribution in [-0.2, 0) is 16.1 Å². The highest BCUT2D eigenvalue weighted by molar-refractivity contribution is 9.10. The average Bonchev–Trinajstić information content (AvgIpc) is 2.61. The first kappa shape index (κ1) is 21.1. The fraction of sp³-hybridized carbons (Fsp3) is 0.526. The summed E-state index contributed by atoms with van der Waals surface area (Å²) in [7, 11) is 0. The summed E-state index contributed by atoms with van der Waals surface area (Å²) in [6, 6.07) is 7.43. The lowest BCUT2D eigenvalue weighted by atomic mass is 9.83. The molecule has 2 rings (SSSR count). The van der Waals surface area contributed by atoms with Gasteiger partial charge in [-0.3, -0.25) is 4.79 Å². The quantitative estimate of drug-likeness (QED) is 0.403. The fourth-order valence-electron chi connectivity index (χ4n) is 3.13. The van der Waals surface area contributed by atoms with E-state index >= 15 is 0 Å². The van der Waals surface area contributed by atoms with E-state index in [1.54, 1.807) is 12.1 Å². The van der Waals surface area contributed by atoms with E-state index in [2.05, 4.69) is 32.8 Å². The number of hydrogen-bond donors (Lipinski definition) is 2. The van der Waals surface area contributed by atoms with E-state index in [9.17, 15) is 9.00 Å². The molecule has 0 heterocycles. The molecule has 3 atom stereocenters. The molecule has 1 aliphatic rings. The zero-order chi connectivity index (χ0) is 18.8. The summed E-state index contributed by atoms with van der Waals surface area (Å²) in [5.41, 5.74) is 0. The van der Waals surface area contributed by atoms with E-state index in [0.29, 0.717) is 18.1 Å². The third-order valence-corrected chi connectivity index (χ3v) is 5.88. The van der Waals surface area contributed by atoms with E-state index in [1.165, 1.54) is 6.42 Å². The Labute approximate surface area is 166 Å². The summed E-state index contributed by atoms with van der Waals surface area (Å²) in [6.45, 7) is 0. The van der Waals surface area contributed by atoms with Crippen LogP contribution in [0.3, 0.4) is 0 Å². The van der Waals surface area contributed by atoms with Gasteiger partial charge in [-0.25, -0.2) is 4.72 Å². The summed E-state index contributed by atoms with van der Waals surface area (Å²) in [5, 5.41) is 8.64. The van der Waals surface area contributed by atoms with Crippen molar-refractivity contribution in [3.8, 4) is 5.75 Å². The van der Waals surface area contributed by atoms with Gasteiger partial charge >= 0.3 is 5.97 Å². The lowest BCUT2D eigenvalue weighted by Crippen LogP contribution is -2.40. The standard InChI is InChI=1S/C19H26BrNO4S/c20-16-11-13-17(14-12-16)25-26(24)21-18-9-6-5-8-15(18)7-3-1-2-4-10-19(22)23/h1,3,11-15,18,21H,2,4-10H2,(H,22,23). The van der Waals surface area contributed by atoms with Crippen molar-refractivity contribution in [1.82, 2.24) is 4.72 Å². The largest absolute Gasteiger partial charge is 0.481 e. The molecule has 0 bridgehead atoms. The maximum atomic E-state index is 12.3. The summed E-state index contributed by atoms with van der Waals surface area (Å²) in [6.07, 6.45) is 11.2. The van der Waals surface area contributed by atoms with Crippen LogP contribution in [0.25, 0.3) is 0 Å². The smallest absolute Gasteiger partial charge is 0.303 e. The Hall–Kier alpha value is -1.18. The number of allylic oxidation sites excluding steroid dienone is 2. The maximum Gasteiger partial charge on any atom is 0.303 e. The number of nitrogens with one attached hydrogen (secondary N) is 1. The van der Waals surface area contributed by atoms with E-state index in [1.807, 2.05) is 12.1 Å². The van der Waals surface area contributed by atoms with Crippen molar-refractivity contribution in [2.45, 2.75) is 57.4 Å². The summed E-state index contributed by atoms with van der Waals surface area (Å²) < 4.78 is 21.8. The molecule has 0 amide bonds. The molecule has 144 valence electrons. The van der Waals surface area contributed by atoms with Gasteiger partial charge < -0.3 is 9.29 Å². The van der Waals surface area contributed by atoms with Crippen LogP contribution in [-0.4, -0.2) is 21.3 Å².